The van der Waals surface area contributed by atoms with Crippen molar-refractivity contribution in [1.29, 1.82) is 0 Å². The zero-order valence-electron chi connectivity index (χ0n) is 10.2. The van der Waals surface area contributed by atoms with E-state index in [4.69, 9.17) is 0 Å². The number of pyridine rings is 1. The summed E-state index contributed by atoms with van der Waals surface area (Å²) in [6.07, 6.45) is 1.70. The fraction of sp³-hybridized carbons (Fsp3) is 0. The van der Waals surface area contributed by atoms with Gasteiger partial charge in [-0.1, -0.05) is 36.4 Å². The van der Waals surface area contributed by atoms with Crippen molar-refractivity contribution in [3.63, 3.8) is 0 Å². The van der Waals surface area contributed by atoms with Crippen LogP contribution in [0.1, 0.15) is 0 Å². The standard InChI is InChI=1S/C15H13N3O/c19-13-9-8-11-5-1-2-6-12(11)15(13)18-17-14-7-3-4-10-16-14/h1-10,18-19H,(H,16,17). The summed E-state index contributed by atoms with van der Waals surface area (Å²) >= 11 is 0. The Morgan fingerprint density at radius 2 is 1.68 bits per heavy atom. The van der Waals surface area contributed by atoms with E-state index in [1.807, 2.05) is 48.5 Å². The Kier molecular flexibility index (Phi) is 2.90. The van der Waals surface area contributed by atoms with Gasteiger partial charge in [0.15, 0.2) is 0 Å². The molecule has 0 aliphatic rings. The molecule has 0 atom stereocenters. The van der Waals surface area contributed by atoms with Crippen LogP contribution < -0.4 is 10.9 Å². The van der Waals surface area contributed by atoms with Crippen molar-refractivity contribution in [2.45, 2.75) is 0 Å². The van der Waals surface area contributed by atoms with Gasteiger partial charge in [-0.15, -0.1) is 0 Å². The molecule has 0 bridgehead atoms. The van der Waals surface area contributed by atoms with Gasteiger partial charge in [0.05, 0.1) is 0 Å². The van der Waals surface area contributed by atoms with E-state index in [9.17, 15) is 5.11 Å². The van der Waals surface area contributed by atoms with E-state index < -0.39 is 0 Å². The first-order valence-corrected chi connectivity index (χ1v) is 5.98. The minimum absolute atomic E-state index is 0.196. The minimum Gasteiger partial charge on any atom is -0.506 e. The summed E-state index contributed by atoms with van der Waals surface area (Å²) in [5, 5.41) is 12.0. The van der Waals surface area contributed by atoms with Crippen molar-refractivity contribution in [1.82, 2.24) is 4.98 Å². The summed E-state index contributed by atoms with van der Waals surface area (Å²) in [5.74, 6) is 0.886. The molecule has 0 radical (unpaired) electrons. The molecular formula is C15H13N3O. The fourth-order valence-electron chi connectivity index (χ4n) is 1.95. The van der Waals surface area contributed by atoms with Gasteiger partial charge in [0, 0.05) is 11.6 Å². The summed E-state index contributed by atoms with van der Waals surface area (Å²) in [4.78, 5) is 4.15. The van der Waals surface area contributed by atoms with Crippen molar-refractivity contribution in [2.24, 2.45) is 0 Å². The second-order valence-electron chi connectivity index (χ2n) is 4.15. The van der Waals surface area contributed by atoms with Gasteiger partial charge >= 0.3 is 0 Å². The highest BCUT2D eigenvalue weighted by Gasteiger charge is 2.05. The number of hydrazine groups is 1. The second kappa shape index (κ2) is 4.86. The zero-order chi connectivity index (χ0) is 13.1. The van der Waals surface area contributed by atoms with E-state index in [-0.39, 0.29) is 5.75 Å². The third-order valence-electron chi connectivity index (χ3n) is 2.89. The van der Waals surface area contributed by atoms with Crippen LogP contribution in [0.4, 0.5) is 11.5 Å². The van der Waals surface area contributed by atoms with Crippen LogP contribution in [-0.4, -0.2) is 10.1 Å². The van der Waals surface area contributed by atoms with Crippen molar-refractivity contribution in [3.8, 4) is 5.75 Å². The first kappa shape index (κ1) is 11.3. The van der Waals surface area contributed by atoms with Crippen molar-refractivity contribution >= 4 is 22.3 Å². The average Bonchev–Trinajstić information content (AvgIpc) is 2.47. The summed E-state index contributed by atoms with van der Waals surface area (Å²) < 4.78 is 0. The maximum Gasteiger partial charge on any atom is 0.144 e. The Balaban J connectivity index is 1.94. The molecule has 94 valence electrons. The molecule has 3 aromatic rings. The lowest BCUT2D eigenvalue weighted by atomic mass is 10.1. The first-order chi connectivity index (χ1) is 9.34. The molecule has 0 fully saturated rings. The van der Waals surface area contributed by atoms with E-state index in [1.54, 1.807) is 12.3 Å². The van der Waals surface area contributed by atoms with Crippen molar-refractivity contribution in [2.75, 3.05) is 10.9 Å². The maximum atomic E-state index is 9.96. The van der Waals surface area contributed by atoms with Crippen molar-refractivity contribution in [3.05, 3.63) is 60.8 Å². The van der Waals surface area contributed by atoms with Gasteiger partial charge in [-0.3, -0.25) is 10.9 Å². The van der Waals surface area contributed by atoms with Gasteiger partial charge in [-0.25, -0.2) is 4.98 Å². The van der Waals surface area contributed by atoms with Crippen LogP contribution in [-0.2, 0) is 0 Å². The first-order valence-electron chi connectivity index (χ1n) is 5.98. The molecule has 1 heterocycles. The van der Waals surface area contributed by atoms with E-state index in [0.29, 0.717) is 11.5 Å². The van der Waals surface area contributed by atoms with Gasteiger partial charge in [-0.05, 0) is 23.6 Å². The van der Waals surface area contributed by atoms with Gasteiger partial charge < -0.3 is 5.11 Å². The molecule has 4 heteroatoms. The number of aromatic nitrogens is 1. The van der Waals surface area contributed by atoms with E-state index >= 15 is 0 Å². The number of phenols is 1. The van der Waals surface area contributed by atoms with Crippen LogP contribution in [0.2, 0.25) is 0 Å². The fourth-order valence-corrected chi connectivity index (χ4v) is 1.95. The molecule has 2 aromatic carbocycles. The summed E-state index contributed by atoms with van der Waals surface area (Å²) in [6, 6.07) is 17.0. The molecule has 19 heavy (non-hydrogen) atoms. The highest BCUT2D eigenvalue weighted by Crippen LogP contribution is 2.31. The lowest BCUT2D eigenvalue weighted by molar-refractivity contribution is 0.478. The molecule has 1 aromatic heterocycles. The van der Waals surface area contributed by atoms with Gasteiger partial charge in [-0.2, -0.15) is 0 Å². The number of fused-ring (bicyclic) bond motifs is 1. The van der Waals surface area contributed by atoms with Crippen LogP contribution in [0.15, 0.2) is 60.8 Å². The molecule has 0 saturated carbocycles. The maximum absolute atomic E-state index is 9.96. The predicted octanol–water partition coefficient (Wildman–Crippen LogP) is 3.38. The summed E-state index contributed by atoms with van der Waals surface area (Å²) in [6.45, 7) is 0. The van der Waals surface area contributed by atoms with Crippen LogP contribution in [0.25, 0.3) is 10.8 Å². The Labute approximate surface area is 110 Å². The number of phenolic OH excluding ortho intramolecular Hbond substituents is 1. The number of nitrogens with one attached hydrogen (secondary N) is 2. The largest absolute Gasteiger partial charge is 0.506 e. The molecule has 0 aliphatic carbocycles. The van der Waals surface area contributed by atoms with E-state index in [0.717, 1.165) is 10.8 Å². The molecule has 3 N–H and O–H groups in total. The smallest absolute Gasteiger partial charge is 0.144 e. The molecule has 3 rings (SSSR count). The normalized spacial score (nSPS) is 10.3. The number of hydrogen-bond acceptors (Lipinski definition) is 4. The van der Waals surface area contributed by atoms with Gasteiger partial charge in [0.2, 0.25) is 0 Å². The zero-order valence-corrected chi connectivity index (χ0v) is 10.2. The number of rotatable bonds is 3. The average molecular weight is 251 g/mol. The molecule has 0 spiro atoms. The topological polar surface area (TPSA) is 57.2 Å². The molecule has 0 saturated heterocycles. The van der Waals surface area contributed by atoms with Crippen LogP contribution >= 0.6 is 0 Å². The molecule has 0 amide bonds. The lowest BCUT2D eigenvalue weighted by Gasteiger charge is -2.13. The van der Waals surface area contributed by atoms with Gasteiger partial charge in [0.1, 0.15) is 17.3 Å². The minimum atomic E-state index is 0.196. The third kappa shape index (κ3) is 2.28. The monoisotopic (exact) mass is 251 g/mol. The number of aromatic hydroxyl groups is 1. The number of hydrogen-bond donors (Lipinski definition) is 3. The summed E-state index contributed by atoms with van der Waals surface area (Å²) in [5.41, 5.74) is 6.62. The van der Waals surface area contributed by atoms with Crippen LogP contribution in [0, 0.1) is 0 Å². The molecule has 0 aliphatic heterocycles. The quantitative estimate of drug-likeness (QED) is 0.493. The highest BCUT2D eigenvalue weighted by atomic mass is 16.3. The Hall–Kier alpha value is -2.75. The molecular weight excluding hydrogens is 238 g/mol. The number of benzene rings is 2. The number of anilines is 2. The third-order valence-corrected chi connectivity index (χ3v) is 2.89. The van der Waals surface area contributed by atoms with Gasteiger partial charge in [0.25, 0.3) is 0 Å². The predicted molar refractivity (Wildman–Crippen MR) is 77.1 cm³/mol. The van der Waals surface area contributed by atoms with Crippen molar-refractivity contribution < 1.29 is 5.11 Å². The molecule has 0 unspecified atom stereocenters. The van der Waals surface area contributed by atoms with Crippen LogP contribution in [0.5, 0.6) is 5.75 Å². The Bertz CT molecular complexity index is 698. The number of nitrogens with zero attached hydrogens (tertiary/aromatic N) is 1. The molecule has 4 nitrogen and oxygen atoms in total. The lowest BCUT2D eigenvalue weighted by Crippen LogP contribution is -2.10. The SMILES string of the molecule is Oc1ccc2ccccc2c1NNc1ccccn1. The highest BCUT2D eigenvalue weighted by molar-refractivity contribution is 5.97. The Morgan fingerprint density at radius 1 is 0.842 bits per heavy atom. The van der Waals surface area contributed by atoms with Crippen LogP contribution in [0.3, 0.4) is 0 Å². The van der Waals surface area contributed by atoms with E-state index in [2.05, 4.69) is 15.8 Å². The second-order valence-corrected chi connectivity index (χ2v) is 4.15. The van der Waals surface area contributed by atoms with E-state index in [1.165, 1.54) is 0 Å². The Morgan fingerprint density at radius 3 is 2.53 bits per heavy atom. The summed E-state index contributed by atoms with van der Waals surface area (Å²) in [7, 11) is 0.